The van der Waals surface area contributed by atoms with E-state index in [1.165, 1.54) is 26.4 Å². The molecule has 0 atom stereocenters. The molecule has 0 saturated carbocycles. The molecule has 0 unspecified atom stereocenters. The summed E-state index contributed by atoms with van der Waals surface area (Å²) < 4.78 is 42.3. The number of benzene rings is 2. The van der Waals surface area contributed by atoms with Gasteiger partial charge < -0.3 is 14.2 Å². The van der Waals surface area contributed by atoms with Crippen LogP contribution in [0.4, 0.5) is 0 Å². The number of esters is 1. The zero-order chi connectivity index (χ0) is 19.9. The number of methoxy groups -OCH3 is 2. The summed E-state index contributed by atoms with van der Waals surface area (Å²) in [4.78, 5) is 12.1. The summed E-state index contributed by atoms with van der Waals surface area (Å²) >= 11 is 0. The third-order valence-corrected chi connectivity index (χ3v) is 5.31. The third-order valence-electron chi connectivity index (χ3n) is 3.83. The first kappa shape index (κ1) is 20.7. The minimum Gasteiger partial charge on any atom is -0.497 e. The van der Waals surface area contributed by atoms with Gasteiger partial charge >= 0.3 is 5.97 Å². The van der Waals surface area contributed by atoms with Gasteiger partial charge in [0, 0.05) is 12.1 Å². The maximum absolute atomic E-state index is 12.2. The van der Waals surface area contributed by atoms with Gasteiger partial charge in [-0.1, -0.05) is 17.7 Å². The first-order valence-corrected chi connectivity index (χ1v) is 9.77. The maximum Gasteiger partial charge on any atom is 0.307 e. The number of ether oxygens (including phenoxy) is 3. The van der Waals surface area contributed by atoms with Crippen molar-refractivity contribution in [1.29, 1.82) is 0 Å². The summed E-state index contributed by atoms with van der Waals surface area (Å²) in [6.45, 7) is 1.82. The number of nitrogens with one attached hydrogen (secondary N) is 1. The van der Waals surface area contributed by atoms with Crippen molar-refractivity contribution in [3.8, 4) is 11.5 Å². The Balaban J connectivity index is 1.85. The highest BCUT2D eigenvalue weighted by Crippen LogP contribution is 2.24. The lowest BCUT2D eigenvalue weighted by Crippen LogP contribution is -2.26. The molecule has 0 saturated heterocycles. The van der Waals surface area contributed by atoms with Gasteiger partial charge in [0.1, 0.15) is 18.1 Å². The highest BCUT2D eigenvalue weighted by atomic mass is 32.2. The summed E-state index contributed by atoms with van der Waals surface area (Å²) in [5.74, 6) is 0.669. The maximum atomic E-state index is 12.2. The van der Waals surface area contributed by atoms with Crippen LogP contribution in [0.2, 0.25) is 0 Å². The molecule has 0 aliphatic rings. The van der Waals surface area contributed by atoms with E-state index < -0.39 is 16.0 Å². The lowest BCUT2D eigenvalue weighted by Gasteiger charge is -2.11. The molecule has 0 heterocycles. The number of hydrogen-bond acceptors (Lipinski definition) is 6. The Morgan fingerprint density at radius 2 is 1.74 bits per heavy atom. The average Bonchev–Trinajstić information content (AvgIpc) is 2.66. The van der Waals surface area contributed by atoms with Gasteiger partial charge in [0.25, 0.3) is 0 Å². The van der Waals surface area contributed by atoms with Crippen molar-refractivity contribution in [2.24, 2.45) is 0 Å². The molecule has 146 valence electrons. The number of aryl methyl sites for hydroxylation is 1. The quantitative estimate of drug-likeness (QED) is 0.658. The van der Waals surface area contributed by atoms with E-state index in [4.69, 9.17) is 14.2 Å². The summed E-state index contributed by atoms with van der Waals surface area (Å²) in [7, 11) is -0.594. The highest BCUT2D eigenvalue weighted by molar-refractivity contribution is 7.89. The van der Waals surface area contributed by atoms with Crippen molar-refractivity contribution in [3.63, 3.8) is 0 Å². The summed E-state index contributed by atoms with van der Waals surface area (Å²) in [6.07, 6.45) is -0.0859. The van der Waals surface area contributed by atoms with Gasteiger partial charge in [-0.25, -0.2) is 13.1 Å². The molecule has 27 heavy (non-hydrogen) atoms. The molecule has 0 fully saturated rings. The molecule has 0 radical (unpaired) electrons. The Bertz CT molecular complexity index is 878. The minimum atomic E-state index is -3.65. The Hall–Kier alpha value is -2.58. The molecule has 2 aromatic carbocycles. The van der Waals surface area contributed by atoms with E-state index in [-0.39, 0.29) is 24.5 Å². The van der Waals surface area contributed by atoms with Crippen molar-refractivity contribution in [2.45, 2.75) is 24.8 Å². The number of rotatable bonds is 9. The van der Waals surface area contributed by atoms with Gasteiger partial charge in [0.2, 0.25) is 10.0 Å². The molecule has 0 aliphatic carbocycles. The first-order valence-electron chi connectivity index (χ1n) is 8.28. The minimum absolute atomic E-state index is 0.00389. The second-order valence-electron chi connectivity index (χ2n) is 5.80. The fraction of sp³-hybridized carbons (Fsp3) is 0.316. The summed E-state index contributed by atoms with van der Waals surface area (Å²) in [6, 6.07) is 11.6. The monoisotopic (exact) mass is 393 g/mol. The molecule has 0 spiro atoms. The Labute approximate surface area is 159 Å². The van der Waals surface area contributed by atoms with Crippen LogP contribution in [0.1, 0.15) is 17.5 Å². The van der Waals surface area contributed by atoms with Gasteiger partial charge in [-0.15, -0.1) is 0 Å². The SMILES string of the molecule is COc1ccc(OC)c(COC(=O)CCNS(=O)(=O)c2ccc(C)cc2)c1. The van der Waals surface area contributed by atoms with Crippen LogP contribution in [0.3, 0.4) is 0 Å². The lowest BCUT2D eigenvalue weighted by atomic mass is 10.2. The van der Waals surface area contributed by atoms with Gasteiger partial charge in [-0.05, 0) is 37.3 Å². The predicted octanol–water partition coefficient (Wildman–Crippen LogP) is 2.42. The van der Waals surface area contributed by atoms with E-state index >= 15 is 0 Å². The van der Waals surface area contributed by atoms with Crippen LogP contribution in [0.5, 0.6) is 11.5 Å². The first-order chi connectivity index (χ1) is 12.9. The highest BCUT2D eigenvalue weighted by Gasteiger charge is 2.15. The average molecular weight is 393 g/mol. The third kappa shape index (κ3) is 5.97. The normalized spacial score (nSPS) is 11.1. The van der Waals surface area contributed by atoms with E-state index in [1.807, 2.05) is 6.92 Å². The van der Waals surface area contributed by atoms with Gasteiger partial charge in [0.15, 0.2) is 0 Å². The van der Waals surface area contributed by atoms with Crippen molar-refractivity contribution < 1.29 is 27.4 Å². The second kappa shape index (κ2) is 9.38. The van der Waals surface area contributed by atoms with E-state index in [0.717, 1.165) is 5.56 Å². The van der Waals surface area contributed by atoms with E-state index in [9.17, 15) is 13.2 Å². The molecule has 0 bridgehead atoms. The molecule has 0 amide bonds. The lowest BCUT2D eigenvalue weighted by molar-refractivity contribution is -0.144. The van der Waals surface area contributed by atoms with Gasteiger partial charge in [-0.2, -0.15) is 0 Å². The van der Waals surface area contributed by atoms with Crippen LogP contribution >= 0.6 is 0 Å². The predicted molar refractivity (Wildman–Crippen MR) is 100 cm³/mol. The van der Waals surface area contributed by atoms with Crippen LogP contribution in [-0.4, -0.2) is 35.2 Å². The molecule has 7 nitrogen and oxygen atoms in total. The van der Waals surface area contributed by atoms with Gasteiger partial charge in [-0.3, -0.25) is 4.79 Å². The Morgan fingerprint density at radius 1 is 1.04 bits per heavy atom. The van der Waals surface area contributed by atoms with E-state index in [2.05, 4.69) is 4.72 Å². The van der Waals surface area contributed by atoms with Crippen molar-refractivity contribution >= 4 is 16.0 Å². The molecule has 2 aromatic rings. The molecule has 0 aromatic heterocycles. The second-order valence-corrected chi connectivity index (χ2v) is 7.57. The zero-order valence-corrected chi connectivity index (χ0v) is 16.3. The standard InChI is InChI=1S/C19H23NO6S/c1-14-4-7-17(8-5-14)27(22,23)20-11-10-19(21)26-13-15-12-16(24-2)6-9-18(15)25-3/h4-9,12,20H,10-11,13H2,1-3H3. The topological polar surface area (TPSA) is 90.9 Å². The van der Waals surface area contributed by atoms with Crippen molar-refractivity contribution in [2.75, 3.05) is 20.8 Å². The van der Waals surface area contributed by atoms with E-state index in [1.54, 1.807) is 30.3 Å². The fourth-order valence-corrected chi connectivity index (χ4v) is 3.35. The Kier molecular flexibility index (Phi) is 7.20. The molecular weight excluding hydrogens is 370 g/mol. The van der Waals surface area contributed by atoms with E-state index in [0.29, 0.717) is 17.1 Å². The van der Waals surface area contributed by atoms with Crippen LogP contribution in [-0.2, 0) is 26.2 Å². The smallest absolute Gasteiger partial charge is 0.307 e. The summed E-state index contributed by atoms with van der Waals surface area (Å²) in [5.41, 5.74) is 1.62. The molecule has 2 rings (SSSR count). The number of carbonyl (C=O) groups is 1. The largest absolute Gasteiger partial charge is 0.497 e. The fourth-order valence-electron chi connectivity index (χ4n) is 2.31. The van der Waals surface area contributed by atoms with Crippen molar-refractivity contribution in [1.82, 2.24) is 4.72 Å². The molecular formula is C19H23NO6S. The Morgan fingerprint density at radius 3 is 2.37 bits per heavy atom. The van der Waals surface area contributed by atoms with Crippen LogP contribution in [0.25, 0.3) is 0 Å². The number of hydrogen-bond donors (Lipinski definition) is 1. The summed E-state index contributed by atoms with van der Waals surface area (Å²) in [5, 5.41) is 0. The number of carbonyl (C=O) groups excluding carboxylic acids is 1. The van der Waals surface area contributed by atoms with Crippen LogP contribution < -0.4 is 14.2 Å². The van der Waals surface area contributed by atoms with Gasteiger partial charge in [0.05, 0.1) is 25.5 Å². The van der Waals surface area contributed by atoms with Crippen molar-refractivity contribution in [3.05, 3.63) is 53.6 Å². The molecule has 8 heteroatoms. The number of sulfonamides is 1. The molecule has 0 aliphatic heterocycles. The zero-order valence-electron chi connectivity index (χ0n) is 15.5. The van der Waals surface area contributed by atoms with Crippen LogP contribution in [0.15, 0.2) is 47.4 Å². The van der Waals surface area contributed by atoms with Crippen LogP contribution in [0, 0.1) is 6.92 Å². The molecule has 1 N–H and O–H groups in total.